The summed E-state index contributed by atoms with van der Waals surface area (Å²) in [5.74, 6) is 0.852. The molecule has 0 N–H and O–H groups in total. The molecule has 1 aliphatic rings. The lowest BCUT2D eigenvalue weighted by Crippen LogP contribution is -2.06. The number of isocyanates is 1. The van der Waals surface area contributed by atoms with E-state index in [1.165, 1.54) is 0 Å². The summed E-state index contributed by atoms with van der Waals surface area (Å²) in [7, 11) is 0. The van der Waals surface area contributed by atoms with Crippen molar-refractivity contribution >= 4 is 6.08 Å². The van der Waals surface area contributed by atoms with Gasteiger partial charge in [0.2, 0.25) is 6.08 Å². The number of hydrogen-bond donors (Lipinski definition) is 0. The molecule has 0 amide bonds. The van der Waals surface area contributed by atoms with E-state index in [1.54, 1.807) is 6.08 Å². The van der Waals surface area contributed by atoms with E-state index in [2.05, 4.69) is 4.99 Å². The Bertz CT molecular complexity index is 412. The van der Waals surface area contributed by atoms with Crippen molar-refractivity contribution in [1.82, 2.24) is 0 Å². The third kappa shape index (κ3) is 2.15. The number of rotatable bonds is 4. The van der Waals surface area contributed by atoms with E-state index in [0.29, 0.717) is 0 Å². The molecule has 0 spiro atoms. The SMILES string of the molecule is CC(C)Oc1ccc(C2(N=C=O)CC2)cc1. The molecule has 3 heteroatoms. The van der Waals surface area contributed by atoms with Crippen LogP contribution in [0.5, 0.6) is 5.75 Å². The molecule has 0 heterocycles. The average Bonchev–Trinajstić information content (AvgIpc) is 2.99. The quantitative estimate of drug-likeness (QED) is 0.574. The Hall–Kier alpha value is -1.60. The van der Waals surface area contributed by atoms with E-state index in [1.807, 2.05) is 38.1 Å². The Balaban J connectivity index is 2.16. The number of carbonyl (C=O) groups excluding carboxylic acids is 1. The molecule has 84 valence electrons. The van der Waals surface area contributed by atoms with Crippen LogP contribution < -0.4 is 4.74 Å². The van der Waals surface area contributed by atoms with Gasteiger partial charge in [-0.1, -0.05) is 12.1 Å². The number of hydrogen-bond acceptors (Lipinski definition) is 3. The first-order valence-corrected chi connectivity index (χ1v) is 5.52. The lowest BCUT2D eigenvalue weighted by molar-refractivity contribution is 0.242. The van der Waals surface area contributed by atoms with Crippen LogP contribution >= 0.6 is 0 Å². The molecule has 0 bridgehead atoms. The third-order valence-corrected chi connectivity index (χ3v) is 2.75. The third-order valence-electron chi connectivity index (χ3n) is 2.75. The Morgan fingerprint density at radius 3 is 2.38 bits per heavy atom. The molecule has 1 aromatic carbocycles. The minimum absolute atomic E-state index is 0.175. The van der Waals surface area contributed by atoms with Crippen LogP contribution in [-0.2, 0) is 10.3 Å². The summed E-state index contributed by atoms with van der Waals surface area (Å²) < 4.78 is 5.55. The van der Waals surface area contributed by atoms with Crippen molar-refractivity contribution in [1.29, 1.82) is 0 Å². The molecule has 0 aliphatic heterocycles. The molecule has 0 aromatic heterocycles. The topological polar surface area (TPSA) is 38.7 Å². The minimum atomic E-state index is -0.280. The zero-order valence-electron chi connectivity index (χ0n) is 9.56. The van der Waals surface area contributed by atoms with E-state index in [9.17, 15) is 4.79 Å². The van der Waals surface area contributed by atoms with Gasteiger partial charge in [0, 0.05) is 0 Å². The molecule has 2 rings (SSSR count). The number of benzene rings is 1. The smallest absolute Gasteiger partial charge is 0.235 e. The zero-order chi connectivity index (χ0) is 11.6. The van der Waals surface area contributed by atoms with Gasteiger partial charge in [-0.05, 0) is 44.4 Å². The van der Waals surface area contributed by atoms with E-state index >= 15 is 0 Å². The molecule has 1 fully saturated rings. The molecule has 0 radical (unpaired) electrons. The highest BCUT2D eigenvalue weighted by Crippen LogP contribution is 2.49. The molecule has 0 saturated heterocycles. The normalized spacial score (nSPS) is 16.7. The van der Waals surface area contributed by atoms with Crippen molar-refractivity contribution in [2.45, 2.75) is 38.3 Å². The van der Waals surface area contributed by atoms with Crippen LogP contribution in [0.15, 0.2) is 29.3 Å². The van der Waals surface area contributed by atoms with Crippen molar-refractivity contribution in [3.05, 3.63) is 29.8 Å². The monoisotopic (exact) mass is 217 g/mol. The standard InChI is InChI=1S/C13H15NO2/c1-10(2)16-12-5-3-11(4-6-12)13(7-8-13)14-9-15/h3-6,10H,7-8H2,1-2H3. The first-order chi connectivity index (χ1) is 7.66. The van der Waals surface area contributed by atoms with Gasteiger partial charge >= 0.3 is 0 Å². The van der Waals surface area contributed by atoms with Crippen LogP contribution in [0.2, 0.25) is 0 Å². The first-order valence-electron chi connectivity index (χ1n) is 5.52. The largest absolute Gasteiger partial charge is 0.491 e. The summed E-state index contributed by atoms with van der Waals surface area (Å²) in [5.41, 5.74) is 0.796. The summed E-state index contributed by atoms with van der Waals surface area (Å²) >= 11 is 0. The van der Waals surface area contributed by atoms with Gasteiger partial charge in [0.15, 0.2) is 0 Å². The van der Waals surface area contributed by atoms with Gasteiger partial charge in [-0.2, -0.15) is 4.99 Å². The van der Waals surface area contributed by atoms with Crippen molar-refractivity contribution in [2.75, 3.05) is 0 Å². The molecule has 0 unspecified atom stereocenters. The van der Waals surface area contributed by atoms with Gasteiger partial charge in [-0.15, -0.1) is 0 Å². The van der Waals surface area contributed by atoms with Crippen LogP contribution in [0.1, 0.15) is 32.3 Å². The summed E-state index contributed by atoms with van der Waals surface area (Å²) in [6, 6.07) is 7.81. The Morgan fingerprint density at radius 1 is 1.31 bits per heavy atom. The number of ether oxygens (including phenoxy) is 1. The summed E-state index contributed by atoms with van der Waals surface area (Å²) in [5, 5.41) is 0. The fraction of sp³-hybridized carbons (Fsp3) is 0.462. The van der Waals surface area contributed by atoms with Crippen molar-refractivity contribution in [3.8, 4) is 5.75 Å². The zero-order valence-corrected chi connectivity index (χ0v) is 9.56. The highest BCUT2D eigenvalue weighted by molar-refractivity contribution is 5.42. The second-order valence-electron chi connectivity index (χ2n) is 4.43. The van der Waals surface area contributed by atoms with Crippen LogP contribution in [0.3, 0.4) is 0 Å². The molecular formula is C13H15NO2. The Kier molecular flexibility index (Phi) is 2.80. The molecular weight excluding hydrogens is 202 g/mol. The van der Waals surface area contributed by atoms with Gasteiger partial charge in [-0.3, -0.25) is 0 Å². The highest BCUT2D eigenvalue weighted by atomic mass is 16.5. The molecule has 16 heavy (non-hydrogen) atoms. The minimum Gasteiger partial charge on any atom is -0.491 e. The maximum atomic E-state index is 10.3. The molecule has 1 saturated carbocycles. The summed E-state index contributed by atoms with van der Waals surface area (Å²) in [4.78, 5) is 14.2. The predicted molar refractivity (Wildman–Crippen MR) is 61.2 cm³/mol. The fourth-order valence-corrected chi connectivity index (χ4v) is 1.79. The van der Waals surface area contributed by atoms with Gasteiger partial charge < -0.3 is 4.74 Å². The van der Waals surface area contributed by atoms with Gasteiger partial charge in [0.25, 0.3) is 0 Å². The second-order valence-corrected chi connectivity index (χ2v) is 4.43. The summed E-state index contributed by atoms with van der Waals surface area (Å²) in [6.07, 6.45) is 3.71. The lowest BCUT2D eigenvalue weighted by atomic mass is 10.1. The van der Waals surface area contributed by atoms with Crippen molar-refractivity contribution in [3.63, 3.8) is 0 Å². The molecule has 3 nitrogen and oxygen atoms in total. The van der Waals surface area contributed by atoms with Crippen molar-refractivity contribution < 1.29 is 9.53 Å². The molecule has 1 aromatic rings. The average molecular weight is 217 g/mol. The molecule has 1 aliphatic carbocycles. The molecule has 0 atom stereocenters. The van der Waals surface area contributed by atoms with Crippen LogP contribution in [-0.4, -0.2) is 12.2 Å². The van der Waals surface area contributed by atoms with Crippen LogP contribution in [0.25, 0.3) is 0 Å². The number of nitrogens with zero attached hydrogens (tertiary/aromatic N) is 1. The van der Waals surface area contributed by atoms with Crippen LogP contribution in [0.4, 0.5) is 0 Å². The number of aliphatic imine (C=N–C) groups is 1. The van der Waals surface area contributed by atoms with E-state index in [-0.39, 0.29) is 11.6 Å². The predicted octanol–water partition coefficient (Wildman–Crippen LogP) is 2.80. The van der Waals surface area contributed by atoms with Crippen LogP contribution in [0, 0.1) is 0 Å². The maximum absolute atomic E-state index is 10.3. The Labute approximate surface area is 95.2 Å². The second kappa shape index (κ2) is 4.11. The van der Waals surface area contributed by atoms with Gasteiger partial charge in [0.05, 0.1) is 11.6 Å². The van der Waals surface area contributed by atoms with E-state index < -0.39 is 0 Å². The van der Waals surface area contributed by atoms with Gasteiger partial charge in [-0.25, -0.2) is 4.79 Å². The lowest BCUT2D eigenvalue weighted by Gasteiger charge is -2.12. The van der Waals surface area contributed by atoms with Gasteiger partial charge in [0.1, 0.15) is 5.75 Å². The highest BCUT2D eigenvalue weighted by Gasteiger charge is 2.44. The summed E-state index contributed by atoms with van der Waals surface area (Å²) in [6.45, 7) is 3.99. The van der Waals surface area contributed by atoms with E-state index in [4.69, 9.17) is 4.74 Å². The van der Waals surface area contributed by atoms with E-state index in [0.717, 1.165) is 24.2 Å². The van der Waals surface area contributed by atoms with Crippen molar-refractivity contribution in [2.24, 2.45) is 4.99 Å². The fourth-order valence-electron chi connectivity index (χ4n) is 1.79. The maximum Gasteiger partial charge on any atom is 0.235 e. The first kappa shape index (κ1) is 10.9. The Morgan fingerprint density at radius 2 is 1.94 bits per heavy atom.